The molecular formula is C3H10N4. The molecular weight excluding hydrogens is 92.1 g/mol. The van der Waals surface area contributed by atoms with E-state index in [1.165, 1.54) is 0 Å². The number of nitrogens with zero attached hydrogens (tertiary/aromatic N) is 1. The number of aromatic amines is 1. The van der Waals surface area contributed by atoms with Crippen LogP contribution in [0.15, 0.2) is 18.5 Å². The molecule has 0 saturated carbocycles. The van der Waals surface area contributed by atoms with Crippen LogP contribution in [0.25, 0.3) is 0 Å². The Morgan fingerprint density at radius 2 is 2.00 bits per heavy atom. The average Bonchev–Trinajstić information content (AvgIpc) is 1.76. The first kappa shape index (κ1) is 9.46. The molecule has 0 saturated heterocycles. The summed E-state index contributed by atoms with van der Waals surface area (Å²) in [6.45, 7) is 0. The lowest BCUT2D eigenvalue weighted by molar-refractivity contribution is 1.09. The number of hydrogen-bond donors (Lipinski definition) is 3. The van der Waals surface area contributed by atoms with Crippen LogP contribution in [0.3, 0.4) is 0 Å². The molecule has 0 bridgehead atoms. The Morgan fingerprint density at radius 3 is 2.14 bits per heavy atom. The Balaban J connectivity index is 0. The van der Waals surface area contributed by atoms with Gasteiger partial charge in [-0.1, -0.05) is 0 Å². The highest BCUT2D eigenvalue weighted by Gasteiger charge is 1.56. The van der Waals surface area contributed by atoms with Gasteiger partial charge in [0, 0.05) is 12.4 Å². The molecule has 0 spiro atoms. The number of hydrogen-bond acceptors (Lipinski definition) is 3. The first-order valence-electron chi connectivity index (χ1n) is 1.44. The maximum absolute atomic E-state index is 3.60. The highest BCUT2D eigenvalue weighted by Crippen LogP contribution is 1.64. The molecule has 0 radical (unpaired) electrons. The molecule has 1 aromatic rings. The lowest BCUT2D eigenvalue weighted by atomic mass is 10.8. The van der Waals surface area contributed by atoms with Gasteiger partial charge in [-0.15, -0.1) is 0 Å². The Hall–Kier alpha value is -0.870. The van der Waals surface area contributed by atoms with Crippen LogP contribution in [-0.2, 0) is 0 Å². The van der Waals surface area contributed by atoms with E-state index in [1.807, 2.05) is 6.07 Å². The third kappa shape index (κ3) is 2.95. The molecule has 0 aliphatic carbocycles. The van der Waals surface area contributed by atoms with Gasteiger partial charge in [0.25, 0.3) is 0 Å². The van der Waals surface area contributed by atoms with E-state index in [4.69, 9.17) is 0 Å². The van der Waals surface area contributed by atoms with Gasteiger partial charge in [0.2, 0.25) is 0 Å². The van der Waals surface area contributed by atoms with Crippen molar-refractivity contribution >= 4 is 0 Å². The molecule has 4 nitrogen and oxygen atoms in total. The fourth-order valence-corrected chi connectivity index (χ4v) is 0.215. The van der Waals surface area contributed by atoms with Crippen molar-refractivity contribution in [1.29, 1.82) is 0 Å². The summed E-state index contributed by atoms with van der Waals surface area (Å²) >= 11 is 0. The largest absolute Gasteiger partial charge is 0.344 e. The van der Waals surface area contributed by atoms with Crippen molar-refractivity contribution in [1.82, 2.24) is 22.5 Å². The molecule has 0 unspecified atom stereocenters. The Kier molecular flexibility index (Phi) is 6.93. The Morgan fingerprint density at radius 1 is 1.29 bits per heavy atom. The van der Waals surface area contributed by atoms with Crippen LogP contribution in [-0.4, -0.2) is 10.2 Å². The van der Waals surface area contributed by atoms with E-state index < -0.39 is 0 Å². The second-order valence-corrected chi connectivity index (χ2v) is 0.766. The second-order valence-electron chi connectivity index (χ2n) is 0.766. The van der Waals surface area contributed by atoms with Crippen LogP contribution in [0.4, 0.5) is 0 Å². The van der Waals surface area contributed by atoms with Crippen LogP contribution < -0.4 is 12.3 Å². The van der Waals surface area contributed by atoms with Gasteiger partial charge in [0.1, 0.15) is 0 Å². The number of rotatable bonds is 0. The van der Waals surface area contributed by atoms with Crippen molar-refractivity contribution in [3.8, 4) is 0 Å². The third-order valence-electron chi connectivity index (χ3n) is 0.406. The summed E-state index contributed by atoms with van der Waals surface area (Å²) in [6, 6.07) is 1.83. The zero-order valence-corrected chi connectivity index (χ0v) is 4.09. The van der Waals surface area contributed by atoms with E-state index in [1.54, 1.807) is 12.4 Å². The summed E-state index contributed by atoms with van der Waals surface area (Å²) in [6.07, 6.45) is 3.46. The van der Waals surface area contributed by atoms with Gasteiger partial charge in [-0.3, -0.25) is 5.10 Å². The maximum atomic E-state index is 3.60. The first-order valence-corrected chi connectivity index (χ1v) is 1.44. The Labute approximate surface area is 42.1 Å². The molecule has 0 amide bonds. The van der Waals surface area contributed by atoms with Crippen LogP contribution in [0.5, 0.6) is 0 Å². The fraction of sp³-hybridized carbons (Fsp3) is 0. The van der Waals surface area contributed by atoms with Gasteiger partial charge in [0.05, 0.1) is 0 Å². The van der Waals surface area contributed by atoms with Crippen molar-refractivity contribution < 1.29 is 0 Å². The van der Waals surface area contributed by atoms with E-state index in [9.17, 15) is 0 Å². The van der Waals surface area contributed by atoms with Crippen LogP contribution in [0, 0.1) is 0 Å². The summed E-state index contributed by atoms with van der Waals surface area (Å²) in [5.74, 6) is 0. The predicted molar refractivity (Wildman–Crippen MR) is 28.6 cm³/mol. The summed E-state index contributed by atoms with van der Waals surface area (Å²) < 4.78 is 0. The fourth-order valence-electron chi connectivity index (χ4n) is 0.215. The Bertz CT molecular complexity index is 63.4. The minimum absolute atomic E-state index is 0. The van der Waals surface area contributed by atoms with Crippen LogP contribution in [0.2, 0.25) is 0 Å². The highest BCUT2D eigenvalue weighted by molar-refractivity contribution is 4.72. The molecule has 7 heavy (non-hydrogen) atoms. The lowest BCUT2D eigenvalue weighted by Crippen LogP contribution is -1.53. The number of aromatic nitrogens is 2. The van der Waals surface area contributed by atoms with Gasteiger partial charge in [-0.2, -0.15) is 5.10 Å². The number of H-pyrrole nitrogens is 1. The first-order chi connectivity index (χ1) is 2.50. The highest BCUT2D eigenvalue weighted by atomic mass is 15.1. The topological polar surface area (TPSA) is 98.7 Å². The van der Waals surface area contributed by atoms with E-state index in [0.717, 1.165) is 0 Å². The smallest absolute Gasteiger partial charge is 0.0487 e. The predicted octanol–water partition coefficient (Wildman–Crippen LogP) is 0.734. The summed E-state index contributed by atoms with van der Waals surface area (Å²) in [5, 5.41) is 6.21. The van der Waals surface area contributed by atoms with E-state index in [-0.39, 0.29) is 12.3 Å². The van der Waals surface area contributed by atoms with Gasteiger partial charge in [-0.05, 0) is 6.07 Å². The molecule has 1 heterocycles. The molecule has 0 aliphatic heterocycles. The molecule has 0 atom stereocenters. The van der Waals surface area contributed by atoms with Crippen molar-refractivity contribution in [3.63, 3.8) is 0 Å². The summed E-state index contributed by atoms with van der Waals surface area (Å²) in [5.41, 5.74) is 0. The van der Waals surface area contributed by atoms with Crippen LogP contribution in [0.1, 0.15) is 0 Å². The molecule has 0 aromatic carbocycles. The molecule has 1 aromatic heterocycles. The molecule has 42 valence electrons. The summed E-state index contributed by atoms with van der Waals surface area (Å²) in [7, 11) is 0. The van der Waals surface area contributed by atoms with Gasteiger partial charge >= 0.3 is 0 Å². The van der Waals surface area contributed by atoms with E-state index in [2.05, 4.69) is 10.2 Å². The minimum atomic E-state index is 0. The standard InChI is InChI=1S/C3H4N2.2H3N/c1-2-4-5-3-1;;/h1-3H,(H,4,5);2*1H3. The molecule has 7 N–H and O–H groups in total. The van der Waals surface area contributed by atoms with Crippen molar-refractivity contribution in [2.75, 3.05) is 0 Å². The van der Waals surface area contributed by atoms with Crippen molar-refractivity contribution in [3.05, 3.63) is 18.5 Å². The average molecular weight is 102 g/mol. The zero-order valence-electron chi connectivity index (χ0n) is 4.09. The third-order valence-corrected chi connectivity index (χ3v) is 0.406. The monoisotopic (exact) mass is 102 g/mol. The second kappa shape index (κ2) is 5.13. The van der Waals surface area contributed by atoms with Crippen molar-refractivity contribution in [2.45, 2.75) is 0 Å². The van der Waals surface area contributed by atoms with Crippen LogP contribution >= 0.6 is 0 Å². The minimum Gasteiger partial charge on any atom is -0.344 e. The number of nitrogens with one attached hydrogen (secondary N) is 1. The maximum Gasteiger partial charge on any atom is 0.0487 e. The molecule has 0 fully saturated rings. The zero-order chi connectivity index (χ0) is 3.54. The SMILES string of the molecule is N.N.c1cn[nH]c1. The van der Waals surface area contributed by atoms with Crippen molar-refractivity contribution in [2.24, 2.45) is 0 Å². The normalized spacial score (nSPS) is 5.71. The molecule has 0 aliphatic rings. The van der Waals surface area contributed by atoms with Gasteiger partial charge in [-0.25, -0.2) is 0 Å². The van der Waals surface area contributed by atoms with E-state index in [0.29, 0.717) is 0 Å². The molecule has 4 heteroatoms. The van der Waals surface area contributed by atoms with Gasteiger partial charge in [0.15, 0.2) is 0 Å². The molecule has 1 rings (SSSR count). The van der Waals surface area contributed by atoms with Gasteiger partial charge < -0.3 is 12.3 Å². The van der Waals surface area contributed by atoms with E-state index >= 15 is 0 Å². The summed E-state index contributed by atoms with van der Waals surface area (Å²) in [4.78, 5) is 0. The lowest BCUT2D eigenvalue weighted by Gasteiger charge is -1.49. The quantitative estimate of drug-likeness (QED) is 0.450.